The molecule has 5 rings (SSSR count). The molecular weight excluding hydrogens is 520 g/mol. The summed E-state index contributed by atoms with van der Waals surface area (Å²) in [5.74, 6) is 0.0291. The first-order chi connectivity index (χ1) is 18.8. The molecule has 0 fully saturated rings. The third kappa shape index (κ3) is 5.65. The smallest absolute Gasteiger partial charge is 0.275 e. The number of aromatic nitrogens is 4. The number of rotatable bonds is 7. The van der Waals surface area contributed by atoms with Crippen molar-refractivity contribution in [3.05, 3.63) is 100 Å². The number of nitrogens with zero attached hydrogens (tertiary/aromatic N) is 5. The van der Waals surface area contributed by atoms with Gasteiger partial charge in [0, 0.05) is 50.1 Å². The van der Waals surface area contributed by atoms with Gasteiger partial charge in [-0.15, -0.1) is 0 Å². The van der Waals surface area contributed by atoms with Crippen molar-refractivity contribution < 1.29 is 19.1 Å². The number of hydrogen-bond donors (Lipinski definition) is 1. The molecule has 0 saturated heterocycles. The highest BCUT2D eigenvalue weighted by molar-refractivity contribution is 6.34. The second kappa shape index (κ2) is 11.0. The fraction of sp³-hybridized carbons (Fsp3) is 0.214. The van der Waals surface area contributed by atoms with Crippen LogP contribution in [0.3, 0.4) is 0 Å². The van der Waals surface area contributed by atoms with Crippen LogP contribution in [0, 0.1) is 0 Å². The number of benzene rings is 1. The van der Waals surface area contributed by atoms with Crippen molar-refractivity contribution in [2.24, 2.45) is 7.05 Å². The lowest BCUT2D eigenvalue weighted by molar-refractivity contribution is -0.122. The Bertz CT molecular complexity index is 1540. The van der Waals surface area contributed by atoms with Gasteiger partial charge in [-0.1, -0.05) is 23.7 Å². The number of aryl methyl sites for hydroxylation is 1. The number of nitrogens with one attached hydrogen (secondary N) is 1. The largest absolute Gasteiger partial charge is 0.495 e. The monoisotopic (exact) mass is 544 g/mol. The Hall–Kier alpha value is -4.57. The number of anilines is 1. The third-order valence-corrected chi connectivity index (χ3v) is 6.77. The molecule has 2 amide bonds. The molecule has 39 heavy (non-hydrogen) atoms. The van der Waals surface area contributed by atoms with Crippen LogP contribution in [-0.2, 0) is 31.2 Å². The van der Waals surface area contributed by atoms with Gasteiger partial charge in [0.1, 0.15) is 11.6 Å². The number of amides is 2. The van der Waals surface area contributed by atoms with E-state index in [9.17, 15) is 14.4 Å². The molecule has 0 spiro atoms. The molecule has 4 heterocycles. The molecule has 1 aliphatic rings. The maximum absolute atomic E-state index is 13.7. The van der Waals surface area contributed by atoms with Gasteiger partial charge in [-0.25, -0.2) is 4.98 Å². The number of ether oxygens (including phenoxy) is 1. The number of carbonyl (C=O) groups is 3. The van der Waals surface area contributed by atoms with Crippen molar-refractivity contribution in [2.45, 2.75) is 25.4 Å². The lowest BCUT2D eigenvalue weighted by atomic mass is 10.0. The summed E-state index contributed by atoms with van der Waals surface area (Å²) in [5, 5.41) is 7.23. The summed E-state index contributed by atoms with van der Waals surface area (Å²) in [6, 6.07) is 12.9. The Morgan fingerprint density at radius 2 is 2.00 bits per heavy atom. The van der Waals surface area contributed by atoms with Gasteiger partial charge in [0.2, 0.25) is 0 Å². The van der Waals surface area contributed by atoms with Gasteiger partial charge in [-0.3, -0.25) is 24.0 Å². The van der Waals surface area contributed by atoms with Crippen LogP contribution in [0.5, 0.6) is 5.75 Å². The molecule has 1 aromatic carbocycles. The van der Waals surface area contributed by atoms with Crippen molar-refractivity contribution in [2.75, 3.05) is 12.4 Å². The second-order valence-corrected chi connectivity index (χ2v) is 9.55. The molecule has 1 unspecified atom stereocenters. The van der Waals surface area contributed by atoms with Gasteiger partial charge in [-0.05, 0) is 42.0 Å². The molecule has 1 N–H and O–H groups in total. The number of halogens is 1. The molecular formula is C28H25ClN6O4. The Balaban J connectivity index is 1.41. The van der Waals surface area contributed by atoms with Crippen molar-refractivity contribution in [1.82, 2.24) is 24.6 Å². The van der Waals surface area contributed by atoms with Gasteiger partial charge in [-0.2, -0.15) is 5.10 Å². The SMILES string of the molecule is COc1ccc(NC(=O)c2ccc(CN3C(=O)c4nn(C)cc4CC(=O)C3Cc3ccccn3)cc2Cl)nc1. The molecule has 4 aromatic rings. The first kappa shape index (κ1) is 26.1. The molecule has 11 heteroatoms. The van der Waals surface area contributed by atoms with Crippen LogP contribution in [0.15, 0.2) is 67.1 Å². The van der Waals surface area contributed by atoms with E-state index >= 15 is 0 Å². The van der Waals surface area contributed by atoms with E-state index in [1.54, 1.807) is 55.8 Å². The van der Waals surface area contributed by atoms with E-state index in [0.717, 1.165) is 0 Å². The minimum atomic E-state index is -0.741. The molecule has 0 bridgehead atoms. The molecule has 10 nitrogen and oxygen atoms in total. The van der Waals surface area contributed by atoms with Crippen LogP contribution in [0.25, 0.3) is 0 Å². The van der Waals surface area contributed by atoms with Crippen molar-refractivity contribution in [3.8, 4) is 5.75 Å². The van der Waals surface area contributed by atoms with Gasteiger partial charge < -0.3 is 15.0 Å². The molecule has 1 aliphatic heterocycles. The number of hydrogen-bond acceptors (Lipinski definition) is 7. The number of methoxy groups -OCH3 is 1. The van der Waals surface area contributed by atoms with E-state index in [0.29, 0.717) is 28.4 Å². The van der Waals surface area contributed by atoms with Crippen molar-refractivity contribution >= 4 is 35.0 Å². The van der Waals surface area contributed by atoms with Crippen LogP contribution >= 0.6 is 11.6 Å². The predicted molar refractivity (Wildman–Crippen MR) is 144 cm³/mol. The summed E-state index contributed by atoms with van der Waals surface area (Å²) in [5.41, 5.74) is 2.45. The minimum absolute atomic E-state index is 0.0970. The Labute approximate surface area is 229 Å². The van der Waals surface area contributed by atoms with Crippen LogP contribution in [0.2, 0.25) is 5.02 Å². The summed E-state index contributed by atoms with van der Waals surface area (Å²) in [6.07, 6.45) is 5.22. The number of Topliss-reactive ketones (excluding diaryl/α,β-unsaturated/α-hetero) is 1. The second-order valence-electron chi connectivity index (χ2n) is 9.15. The average Bonchev–Trinajstić information content (AvgIpc) is 3.27. The lowest BCUT2D eigenvalue weighted by Gasteiger charge is -2.29. The first-order valence-electron chi connectivity index (χ1n) is 12.2. The summed E-state index contributed by atoms with van der Waals surface area (Å²) in [7, 11) is 3.24. The highest BCUT2D eigenvalue weighted by atomic mass is 35.5. The van der Waals surface area contributed by atoms with E-state index in [-0.39, 0.29) is 47.4 Å². The number of fused-ring (bicyclic) bond motifs is 1. The minimum Gasteiger partial charge on any atom is -0.495 e. The normalized spacial score (nSPS) is 15.1. The van der Waals surface area contributed by atoms with Crippen LogP contribution in [0.1, 0.15) is 37.7 Å². The van der Waals surface area contributed by atoms with Gasteiger partial charge in [0.25, 0.3) is 11.8 Å². The van der Waals surface area contributed by atoms with Crippen LogP contribution < -0.4 is 10.1 Å². The summed E-state index contributed by atoms with van der Waals surface area (Å²) in [6.45, 7) is 0.0970. The topological polar surface area (TPSA) is 119 Å². The quantitative estimate of drug-likeness (QED) is 0.378. The maximum Gasteiger partial charge on any atom is 0.275 e. The fourth-order valence-corrected chi connectivity index (χ4v) is 4.81. The number of pyridine rings is 2. The van der Waals surface area contributed by atoms with E-state index in [1.807, 2.05) is 12.1 Å². The highest BCUT2D eigenvalue weighted by Gasteiger charge is 2.37. The molecule has 3 aromatic heterocycles. The maximum atomic E-state index is 13.7. The van der Waals surface area contributed by atoms with E-state index in [1.165, 1.54) is 22.9 Å². The molecule has 198 valence electrons. The Morgan fingerprint density at radius 3 is 2.69 bits per heavy atom. The van der Waals surface area contributed by atoms with Crippen molar-refractivity contribution in [1.29, 1.82) is 0 Å². The molecule has 0 saturated carbocycles. The van der Waals surface area contributed by atoms with E-state index in [4.69, 9.17) is 16.3 Å². The molecule has 0 radical (unpaired) electrons. The zero-order chi connectivity index (χ0) is 27.5. The van der Waals surface area contributed by atoms with Crippen molar-refractivity contribution in [3.63, 3.8) is 0 Å². The third-order valence-electron chi connectivity index (χ3n) is 6.45. The zero-order valence-corrected chi connectivity index (χ0v) is 22.1. The van der Waals surface area contributed by atoms with Gasteiger partial charge in [0.15, 0.2) is 11.5 Å². The Kier molecular flexibility index (Phi) is 7.38. The Morgan fingerprint density at radius 1 is 1.15 bits per heavy atom. The number of carbonyl (C=O) groups excluding carboxylic acids is 3. The van der Waals surface area contributed by atoms with Crippen LogP contribution in [0.4, 0.5) is 5.82 Å². The summed E-state index contributed by atoms with van der Waals surface area (Å²) < 4.78 is 6.62. The number of ketones is 1. The summed E-state index contributed by atoms with van der Waals surface area (Å²) >= 11 is 6.51. The predicted octanol–water partition coefficient (Wildman–Crippen LogP) is 3.50. The van der Waals surface area contributed by atoms with E-state index < -0.39 is 11.9 Å². The van der Waals surface area contributed by atoms with Crippen LogP contribution in [-0.4, -0.2) is 55.4 Å². The molecule has 1 atom stereocenters. The van der Waals surface area contributed by atoms with Gasteiger partial charge >= 0.3 is 0 Å². The fourth-order valence-electron chi connectivity index (χ4n) is 4.52. The zero-order valence-electron chi connectivity index (χ0n) is 21.3. The lowest BCUT2D eigenvalue weighted by Crippen LogP contribution is -2.45. The molecule has 0 aliphatic carbocycles. The average molecular weight is 545 g/mol. The standard InChI is InChI=1S/C28H25ClN6O4/c1-34-16-18-12-24(36)23(13-19-5-3-4-10-30-19)35(28(38)26(18)33-34)15-17-6-8-21(22(29)11-17)27(37)32-25-9-7-20(39-2)14-31-25/h3-11,14,16,23H,12-13,15H2,1-2H3,(H,31,32,37). The van der Waals surface area contributed by atoms with E-state index in [2.05, 4.69) is 20.4 Å². The highest BCUT2D eigenvalue weighted by Crippen LogP contribution is 2.26. The summed E-state index contributed by atoms with van der Waals surface area (Å²) in [4.78, 5) is 49.9. The van der Waals surface area contributed by atoms with Gasteiger partial charge in [0.05, 0.1) is 29.9 Å². The first-order valence-corrected chi connectivity index (χ1v) is 12.6.